The first kappa shape index (κ1) is 22.5. The largest absolute Gasteiger partial charge is 0.396 e. The molecule has 0 amide bonds. The average molecular weight is 443 g/mol. The maximum Gasteiger partial charge on any atom is 0.243 e. The fourth-order valence-electron chi connectivity index (χ4n) is 4.82. The van der Waals surface area contributed by atoms with Crippen molar-refractivity contribution in [3.05, 3.63) is 54.1 Å². The molecule has 2 aromatic rings. The SMILES string of the molecule is C[C@@H]1CCCN1CCc1ccc(-c2ccc(S(=O)(=O)N3CCC[C@H](CO)C3)cc2)cc1. The molecule has 31 heavy (non-hydrogen) atoms. The van der Waals surface area contributed by atoms with Crippen molar-refractivity contribution in [3.63, 3.8) is 0 Å². The van der Waals surface area contributed by atoms with Crippen molar-refractivity contribution in [1.29, 1.82) is 0 Å². The zero-order valence-corrected chi connectivity index (χ0v) is 19.2. The van der Waals surface area contributed by atoms with E-state index in [1.807, 2.05) is 12.1 Å². The third-order valence-electron chi connectivity index (χ3n) is 6.90. The van der Waals surface area contributed by atoms with Crippen LogP contribution in [0.3, 0.4) is 0 Å². The third kappa shape index (κ3) is 5.20. The highest BCUT2D eigenvalue weighted by atomic mass is 32.2. The van der Waals surface area contributed by atoms with Gasteiger partial charge in [0.2, 0.25) is 10.0 Å². The van der Waals surface area contributed by atoms with E-state index in [1.54, 1.807) is 12.1 Å². The summed E-state index contributed by atoms with van der Waals surface area (Å²) < 4.78 is 27.5. The highest BCUT2D eigenvalue weighted by Crippen LogP contribution is 2.26. The Bertz CT molecular complexity index is 957. The fraction of sp³-hybridized carbons (Fsp3) is 0.520. The lowest BCUT2D eigenvalue weighted by Gasteiger charge is -2.31. The first-order chi connectivity index (χ1) is 15.0. The fourth-order valence-corrected chi connectivity index (χ4v) is 6.38. The van der Waals surface area contributed by atoms with Crippen LogP contribution in [0.1, 0.15) is 38.2 Å². The van der Waals surface area contributed by atoms with E-state index >= 15 is 0 Å². The van der Waals surface area contributed by atoms with Gasteiger partial charge in [0.15, 0.2) is 0 Å². The lowest BCUT2D eigenvalue weighted by Crippen LogP contribution is -2.40. The molecule has 2 aliphatic heterocycles. The third-order valence-corrected chi connectivity index (χ3v) is 8.78. The van der Waals surface area contributed by atoms with Crippen LogP contribution in [-0.4, -0.2) is 61.6 Å². The quantitative estimate of drug-likeness (QED) is 0.709. The summed E-state index contributed by atoms with van der Waals surface area (Å²) in [6, 6.07) is 16.5. The normalized spacial score (nSPS) is 23.3. The zero-order valence-electron chi connectivity index (χ0n) is 18.4. The second kappa shape index (κ2) is 9.82. The standard InChI is InChI=1S/C25H34N2O3S/c1-20-4-2-15-26(20)17-14-21-6-8-23(9-7-21)24-10-12-25(13-11-24)31(29,30)27-16-3-5-22(18-27)19-28/h6-13,20,22,28H,2-5,14-19H2,1H3/t20-,22+/m1/s1. The van der Waals surface area contributed by atoms with Crippen LogP contribution in [0.5, 0.6) is 0 Å². The van der Waals surface area contributed by atoms with Gasteiger partial charge in [-0.2, -0.15) is 4.31 Å². The zero-order chi connectivity index (χ0) is 21.8. The maximum atomic E-state index is 13.0. The minimum absolute atomic E-state index is 0.0370. The molecule has 0 radical (unpaired) electrons. The molecule has 0 unspecified atom stereocenters. The number of aliphatic hydroxyl groups is 1. The molecule has 2 aromatic carbocycles. The molecule has 2 fully saturated rings. The van der Waals surface area contributed by atoms with E-state index in [0.29, 0.717) is 24.0 Å². The molecule has 2 saturated heterocycles. The summed E-state index contributed by atoms with van der Waals surface area (Å²) in [4.78, 5) is 2.89. The number of sulfonamides is 1. The smallest absolute Gasteiger partial charge is 0.243 e. The summed E-state index contributed by atoms with van der Waals surface area (Å²) in [7, 11) is -3.51. The minimum atomic E-state index is -3.51. The summed E-state index contributed by atoms with van der Waals surface area (Å²) in [6.07, 6.45) is 5.36. The molecule has 2 heterocycles. The second-order valence-electron chi connectivity index (χ2n) is 9.05. The second-order valence-corrected chi connectivity index (χ2v) is 11.0. The predicted molar refractivity (Wildman–Crippen MR) is 124 cm³/mol. The van der Waals surface area contributed by atoms with Crippen molar-refractivity contribution < 1.29 is 13.5 Å². The average Bonchev–Trinajstić information content (AvgIpc) is 3.23. The van der Waals surface area contributed by atoms with E-state index in [4.69, 9.17) is 0 Å². The summed E-state index contributed by atoms with van der Waals surface area (Å²) in [5, 5.41) is 9.40. The van der Waals surface area contributed by atoms with Gasteiger partial charge in [-0.05, 0) is 80.3 Å². The Morgan fingerprint density at radius 1 is 0.935 bits per heavy atom. The first-order valence-electron chi connectivity index (χ1n) is 11.5. The molecule has 0 bridgehead atoms. The summed E-state index contributed by atoms with van der Waals surface area (Å²) in [5.74, 6) is 0.0370. The van der Waals surface area contributed by atoms with Gasteiger partial charge in [0, 0.05) is 32.3 Å². The Labute approximate surface area is 186 Å². The van der Waals surface area contributed by atoms with Gasteiger partial charge in [-0.1, -0.05) is 36.4 Å². The van der Waals surface area contributed by atoms with Crippen LogP contribution in [0.15, 0.2) is 53.4 Å². The molecule has 0 aliphatic carbocycles. The predicted octanol–water partition coefficient (Wildman–Crippen LogP) is 3.77. The lowest BCUT2D eigenvalue weighted by molar-refractivity contribution is 0.165. The van der Waals surface area contributed by atoms with E-state index in [1.165, 1.54) is 29.3 Å². The van der Waals surface area contributed by atoms with Gasteiger partial charge in [-0.25, -0.2) is 8.42 Å². The van der Waals surface area contributed by atoms with Gasteiger partial charge in [0.05, 0.1) is 4.90 Å². The topological polar surface area (TPSA) is 60.9 Å². The highest BCUT2D eigenvalue weighted by molar-refractivity contribution is 7.89. The molecule has 5 nitrogen and oxygen atoms in total. The lowest BCUT2D eigenvalue weighted by atomic mass is 10.0. The van der Waals surface area contributed by atoms with Gasteiger partial charge in [0.1, 0.15) is 0 Å². The number of nitrogens with zero attached hydrogens (tertiary/aromatic N) is 2. The number of hydrogen-bond donors (Lipinski definition) is 1. The van der Waals surface area contributed by atoms with Crippen molar-refractivity contribution in [1.82, 2.24) is 9.21 Å². The van der Waals surface area contributed by atoms with Crippen molar-refractivity contribution in [2.75, 3.05) is 32.8 Å². The van der Waals surface area contributed by atoms with E-state index in [2.05, 4.69) is 36.1 Å². The van der Waals surface area contributed by atoms with Crippen molar-refractivity contribution in [3.8, 4) is 11.1 Å². The number of aliphatic hydroxyl groups excluding tert-OH is 1. The van der Waals surface area contributed by atoms with Crippen LogP contribution in [0.25, 0.3) is 11.1 Å². The molecule has 0 aromatic heterocycles. The van der Waals surface area contributed by atoms with Gasteiger partial charge in [-0.3, -0.25) is 0 Å². The molecular weight excluding hydrogens is 408 g/mol. The van der Waals surface area contributed by atoms with Crippen LogP contribution >= 0.6 is 0 Å². The summed E-state index contributed by atoms with van der Waals surface area (Å²) in [6.45, 7) is 5.61. The Morgan fingerprint density at radius 2 is 1.58 bits per heavy atom. The Morgan fingerprint density at radius 3 is 2.19 bits per heavy atom. The van der Waals surface area contributed by atoms with E-state index in [9.17, 15) is 13.5 Å². The molecule has 6 heteroatoms. The first-order valence-corrected chi connectivity index (χ1v) is 13.0. The van der Waals surface area contributed by atoms with Crippen LogP contribution < -0.4 is 0 Å². The Balaban J connectivity index is 1.40. The number of rotatable bonds is 7. The number of piperidine rings is 1. The monoisotopic (exact) mass is 442 g/mol. The Kier molecular flexibility index (Phi) is 7.12. The molecule has 4 rings (SSSR count). The van der Waals surface area contributed by atoms with Crippen molar-refractivity contribution in [2.45, 2.75) is 50.0 Å². The summed E-state index contributed by atoms with van der Waals surface area (Å²) >= 11 is 0. The van der Waals surface area contributed by atoms with Gasteiger partial charge in [0.25, 0.3) is 0 Å². The number of likely N-dealkylation sites (tertiary alicyclic amines) is 1. The van der Waals surface area contributed by atoms with Crippen molar-refractivity contribution >= 4 is 10.0 Å². The van der Waals surface area contributed by atoms with Crippen LogP contribution in [0.2, 0.25) is 0 Å². The van der Waals surface area contributed by atoms with Gasteiger partial charge >= 0.3 is 0 Å². The molecule has 0 spiro atoms. The molecule has 1 N–H and O–H groups in total. The number of benzene rings is 2. The molecule has 168 valence electrons. The molecule has 2 aliphatic rings. The Hall–Kier alpha value is -1.73. The molecule has 2 atom stereocenters. The van der Waals surface area contributed by atoms with Crippen LogP contribution in [-0.2, 0) is 16.4 Å². The van der Waals surface area contributed by atoms with Gasteiger partial charge in [-0.15, -0.1) is 0 Å². The van der Waals surface area contributed by atoms with E-state index < -0.39 is 10.0 Å². The number of hydrogen-bond acceptors (Lipinski definition) is 4. The van der Waals surface area contributed by atoms with Crippen LogP contribution in [0, 0.1) is 5.92 Å². The van der Waals surface area contributed by atoms with Crippen molar-refractivity contribution in [2.24, 2.45) is 5.92 Å². The summed E-state index contributed by atoms with van der Waals surface area (Å²) in [5.41, 5.74) is 3.46. The maximum absolute atomic E-state index is 13.0. The van der Waals surface area contributed by atoms with E-state index in [0.717, 1.165) is 36.9 Å². The van der Waals surface area contributed by atoms with E-state index in [-0.39, 0.29) is 12.5 Å². The van der Waals surface area contributed by atoms with Crippen LogP contribution in [0.4, 0.5) is 0 Å². The highest BCUT2D eigenvalue weighted by Gasteiger charge is 2.29. The van der Waals surface area contributed by atoms with Gasteiger partial charge < -0.3 is 10.0 Å². The molecule has 0 saturated carbocycles. The molecular formula is C25H34N2O3S. The minimum Gasteiger partial charge on any atom is -0.396 e.